The minimum atomic E-state index is -3.78. The Hall–Kier alpha value is -2.90. The summed E-state index contributed by atoms with van der Waals surface area (Å²) >= 11 is 0. The van der Waals surface area contributed by atoms with Crippen LogP contribution in [0.3, 0.4) is 0 Å². The zero-order chi connectivity index (χ0) is 25.0. The molecule has 2 aromatic rings. The van der Waals surface area contributed by atoms with Crippen molar-refractivity contribution in [3.63, 3.8) is 0 Å². The van der Waals surface area contributed by atoms with E-state index in [0.29, 0.717) is 16.9 Å². The second-order valence-electron chi connectivity index (χ2n) is 7.70. The molecule has 1 fully saturated rings. The third-order valence-corrected chi connectivity index (χ3v) is 5.58. The predicted molar refractivity (Wildman–Crippen MR) is 120 cm³/mol. The molecule has 2 aromatic carbocycles. The minimum absolute atomic E-state index is 0.0528. The lowest BCUT2D eigenvalue weighted by atomic mass is 9.96. The van der Waals surface area contributed by atoms with Crippen molar-refractivity contribution in [1.82, 2.24) is 5.32 Å². The van der Waals surface area contributed by atoms with Crippen molar-refractivity contribution < 1.29 is 46.9 Å². The van der Waals surface area contributed by atoms with Crippen LogP contribution in [-0.4, -0.2) is 80.3 Å². The Balaban J connectivity index is 2.02. The summed E-state index contributed by atoms with van der Waals surface area (Å²) in [6, 6.07) is 9.95. The molecule has 12 heteroatoms. The smallest absolute Gasteiger partial charge is 0.306 e. The van der Waals surface area contributed by atoms with Crippen molar-refractivity contribution in [3.05, 3.63) is 42.5 Å². The molecular formula is C22H27NO10S. The standard InChI is InChI=1S/C22H27NO10S/c1-12(25)23-19-21(27)20(26)18(11-24)32-22(19)31-17-7-5-4-6-14(17)15-10-13(33-34(3,28)29)8-9-16(15)30-2/h4-10,18-22,24,26-27H,11H2,1-3H3,(H,23,25). The van der Waals surface area contributed by atoms with Crippen molar-refractivity contribution in [2.45, 2.75) is 37.6 Å². The maximum atomic E-state index is 11.7. The van der Waals surface area contributed by atoms with Gasteiger partial charge >= 0.3 is 10.1 Å². The van der Waals surface area contributed by atoms with Crippen LogP contribution in [0.15, 0.2) is 42.5 Å². The molecule has 4 N–H and O–H groups in total. The molecule has 0 aromatic heterocycles. The first kappa shape index (κ1) is 25.7. The second-order valence-corrected chi connectivity index (χ2v) is 9.27. The van der Waals surface area contributed by atoms with E-state index >= 15 is 0 Å². The summed E-state index contributed by atoms with van der Waals surface area (Å²) in [5.41, 5.74) is 0.898. The monoisotopic (exact) mass is 497 g/mol. The summed E-state index contributed by atoms with van der Waals surface area (Å²) in [7, 11) is -2.33. The van der Waals surface area contributed by atoms with Crippen LogP contribution in [-0.2, 0) is 19.6 Å². The van der Waals surface area contributed by atoms with Gasteiger partial charge in [-0.1, -0.05) is 18.2 Å². The van der Waals surface area contributed by atoms with Crippen molar-refractivity contribution in [2.75, 3.05) is 20.0 Å². The first-order chi connectivity index (χ1) is 16.0. The highest BCUT2D eigenvalue weighted by Crippen LogP contribution is 2.40. The molecule has 186 valence electrons. The molecule has 1 aliphatic heterocycles. The number of nitrogens with one attached hydrogen (secondary N) is 1. The number of aliphatic hydroxyl groups is 3. The third-order valence-electron chi connectivity index (χ3n) is 5.09. The summed E-state index contributed by atoms with van der Waals surface area (Å²) < 4.78 is 45.2. The molecule has 0 radical (unpaired) electrons. The molecular weight excluding hydrogens is 470 g/mol. The van der Waals surface area contributed by atoms with Crippen LogP contribution in [0.5, 0.6) is 17.2 Å². The number of hydrogen-bond acceptors (Lipinski definition) is 10. The van der Waals surface area contributed by atoms with Gasteiger partial charge in [0.2, 0.25) is 12.2 Å². The number of carbonyl (C=O) groups excluding carboxylic acids is 1. The molecule has 0 aliphatic carbocycles. The molecule has 5 unspecified atom stereocenters. The van der Waals surface area contributed by atoms with Crippen LogP contribution in [0.4, 0.5) is 0 Å². The Morgan fingerprint density at radius 3 is 2.41 bits per heavy atom. The van der Waals surface area contributed by atoms with E-state index < -0.39 is 53.3 Å². The van der Waals surface area contributed by atoms with Gasteiger partial charge < -0.3 is 39.0 Å². The van der Waals surface area contributed by atoms with E-state index in [2.05, 4.69) is 5.32 Å². The molecule has 1 amide bonds. The number of para-hydroxylation sites is 1. The SMILES string of the molecule is COc1ccc(OS(C)(=O)=O)cc1-c1ccccc1OC1OC(CO)C(O)C(O)C1NC(C)=O. The normalized spacial score (nSPS) is 24.8. The van der Waals surface area contributed by atoms with Gasteiger partial charge in [0.05, 0.1) is 20.0 Å². The van der Waals surface area contributed by atoms with Crippen molar-refractivity contribution in [3.8, 4) is 28.4 Å². The fourth-order valence-corrected chi connectivity index (χ4v) is 4.07. The quantitative estimate of drug-likeness (QED) is 0.366. The molecule has 0 saturated carbocycles. The van der Waals surface area contributed by atoms with E-state index in [1.807, 2.05) is 0 Å². The van der Waals surface area contributed by atoms with Crippen LogP contribution in [0.25, 0.3) is 11.1 Å². The summed E-state index contributed by atoms with van der Waals surface area (Å²) in [6.07, 6.45) is -4.44. The van der Waals surface area contributed by atoms with E-state index in [0.717, 1.165) is 6.26 Å². The lowest BCUT2D eigenvalue weighted by Gasteiger charge is -2.42. The molecule has 0 spiro atoms. The van der Waals surface area contributed by atoms with E-state index in [1.54, 1.807) is 24.3 Å². The molecule has 1 heterocycles. The molecule has 0 bridgehead atoms. The number of amides is 1. The topological polar surface area (TPSA) is 161 Å². The Kier molecular flexibility index (Phi) is 8.00. The molecule has 11 nitrogen and oxygen atoms in total. The first-order valence-electron chi connectivity index (χ1n) is 10.3. The first-order valence-corrected chi connectivity index (χ1v) is 12.1. The third kappa shape index (κ3) is 5.96. The van der Waals surface area contributed by atoms with E-state index in [4.69, 9.17) is 18.4 Å². The van der Waals surface area contributed by atoms with E-state index in [9.17, 15) is 28.5 Å². The van der Waals surface area contributed by atoms with Crippen molar-refractivity contribution >= 4 is 16.0 Å². The van der Waals surface area contributed by atoms with Crippen LogP contribution in [0.2, 0.25) is 0 Å². The van der Waals surface area contributed by atoms with Gasteiger partial charge in [-0.25, -0.2) is 0 Å². The summed E-state index contributed by atoms with van der Waals surface area (Å²) in [6.45, 7) is 0.644. The fraction of sp³-hybridized carbons (Fsp3) is 0.409. The van der Waals surface area contributed by atoms with Gasteiger partial charge in [-0.15, -0.1) is 0 Å². The summed E-state index contributed by atoms with van der Waals surface area (Å²) in [4.78, 5) is 11.7. The predicted octanol–water partition coefficient (Wildman–Crippen LogP) is 0.0231. The number of benzene rings is 2. The number of carbonyl (C=O) groups is 1. The Bertz CT molecular complexity index is 1120. The zero-order valence-electron chi connectivity index (χ0n) is 18.7. The van der Waals surface area contributed by atoms with Crippen LogP contribution >= 0.6 is 0 Å². The maximum absolute atomic E-state index is 11.7. The van der Waals surface area contributed by atoms with Gasteiger partial charge in [0, 0.05) is 18.1 Å². The van der Waals surface area contributed by atoms with Crippen molar-refractivity contribution in [1.29, 1.82) is 0 Å². The van der Waals surface area contributed by atoms with E-state index in [-0.39, 0.29) is 11.5 Å². The van der Waals surface area contributed by atoms with Crippen LogP contribution < -0.4 is 19.0 Å². The number of rotatable bonds is 8. The Morgan fingerprint density at radius 1 is 1.09 bits per heavy atom. The average molecular weight is 498 g/mol. The Labute approximate surface area is 197 Å². The van der Waals surface area contributed by atoms with Gasteiger partial charge in [0.15, 0.2) is 0 Å². The number of aliphatic hydroxyl groups excluding tert-OH is 3. The largest absolute Gasteiger partial charge is 0.496 e. The second kappa shape index (κ2) is 10.6. The highest BCUT2D eigenvalue weighted by molar-refractivity contribution is 7.86. The highest BCUT2D eigenvalue weighted by atomic mass is 32.2. The van der Waals surface area contributed by atoms with Gasteiger partial charge in [-0.2, -0.15) is 8.42 Å². The Morgan fingerprint density at radius 2 is 1.79 bits per heavy atom. The van der Waals surface area contributed by atoms with Gasteiger partial charge in [-0.05, 0) is 24.3 Å². The lowest BCUT2D eigenvalue weighted by Crippen LogP contribution is -2.65. The maximum Gasteiger partial charge on any atom is 0.306 e. The molecule has 1 aliphatic rings. The van der Waals surface area contributed by atoms with Gasteiger partial charge in [0.25, 0.3) is 0 Å². The number of hydrogen-bond donors (Lipinski definition) is 4. The fourth-order valence-electron chi connectivity index (χ4n) is 3.61. The highest BCUT2D eigenvalue weighted by Gasteiger charge is 2.46. The zero-order valence-corrected chi connectivity index (χ0v) is 19.6. The van der Waals surface area contributed by atoms with Crippen LogP contribution in [0, 0.1) is 0 Å². The lowest BCUT2D eigenvalue weighted by molar-refractivity contribution is -0.244. The number of ether oxygens (including phenoxy) is 3. The minimum Gasteiger partial charge on any atom is -0.496 e. The molecule has 34 heavy (non-hydrogen) atoms. The average Bonchev–Trinajstić information content (AvgIpc) is 2.77. The van der Waals surface area contributed by atoms with E-state index in [1.165, 1.54) is 32.2 Å². The summed E-state index contributed by atoms with van der Waals surface area (Å²) in [5, 5.41) is 32.8. The van der Waals surface area contributed by atoms with Crippen molar-refractivity contribution in [2.24, 2.45) is 0 Å². The molecule has 3 rings (SSSR count). The summed E-state index contributed by atoms with van der Waals surface area (Å²) in [5.74, 6) is 0.190. The number of methoxy groups -OCH3 is 1. The van der Waals surface area contributed by atoms with Crippen LogP contribution in [0.1, 0.15) is 6.92 Å². The van der Waals surface area contributed by atoms with Gasteiger partial charge in [0.1, 0.15) is 41.6 Å². The molecule has 5 atom stereocenters. The molecule has 1 saturated heterocycles. The van der Waals surface area contributed by atoms with Gasteiger partial charge in [-0.3, -0.25) is 4.79 Å².